The molecule has 1 aromatic carbocycles. The molecular formula is C10H10FNS2. The van der Waals surface area contributed by atoms with Gasteiger partial charge in [-0.1, -0.05) is 35.7 Å². The van der Waals surface area contributed by atoms with Crippen molar-refractivity contribution in [2.75, 3.05) is 12.3 Å². The van der Waals surface area contributed by atoms with Crippen molar-refractivity contribution in [2.45, 2.75) is 5.75 Å². The fourth-order valence-corrected chi connectivity index (χ4v) is 3.09. The molecule has 1 nitrogen and oxygen atoms in total. The molecule has 2 rings (SSSR count). The second-order valence-corrected chi connectivity index (χ2v) is 5.22. The smallest absolute Gasteiger partial charge is 0.124 e. The average molecular weight is 227 g/mol. The van der Waals surface area contributed by atoms with E-state index in [2.05, 4.69) is 4.99 Å². The SMILES string of the molecule is Fc1ccc(CSC2=NCCS2)cc1. The van der Waals surface area contributed by atoms with Crippen LogP contribution in [0.5, 0.6) is 0 Å². The highest BCUT2D eigenvalue weighted by molar-refractivity contribution is 8.38. The van der Waals surface area contributed by atoms with Crippen LogP contribution in [0.25, 0.3) is 0 Å². The summed E-state index contributed by atoms with van der Waals surface area (Å²) >= 11 is 3.54. The predicted octanol–water partition coefficient (Wildman–Crippen LogP) is 3.16. The highest BCUT2D eigenvalue weighted by atomic mass is 32.2. The van der Waals surface area contributed by atoms with Crippen LogP contribution in [0.2, 0.25) is 0 Å². The Bertz CT molecular complexity index is 334. The minimum atomic E-state index is -0.175. The molecule has 1 aliphatic rings. The van der Waals surface area contributed by atoms with E-state index < -0.39 is 0 Å². The van der Waals surface area contributed by atoms with E-state index in [9.17, 15) is 4.39 Å². The molecule has 1 aliphatic heterocycles. The Morgan fingerprint density at radius 1 is 1.36 bits per heavy atom. The lowest BCUT2D eigenvalue weighted by atomic mass is 10.2. The lowest BCUT2D eigenvalue weighted by Crippen LogP contribution is -1.85. The van der Waals surface area contributed by atoms with Gasteiger partial charge in [0.1, 0.15) is 10.2 Å². The van der Waals surface area contributed by atoms with E-state index in [1.54, 1.807) is 23.5 Å². The fourth-order valence-electron chi connectivity index (χ4n) is 1.13. The number of thioether (sulfide) groups is 2. The highest BCUT2D eigenvalue weighted by Gasteiger charge is 2.07. The van der Waals surface area contributed by atoms with Crippen molar-refractivity contribution in [3.63, 3.8) is 0 Å². The van der Waals surface area contributed by atoms with Crippen LogP contribution in [0.15, 0.2) is 29.3 Å². The zero-order valence-electron chi connectivity index (χ0n) is 7.57. The van der Waals surface area contributed by atoms with Crippen molar-refractivity contribution in [1.29, 1.82) is 0 Å². The van der Waals surface area contributed by atoms with E-state index in [1.165, 1.54) is 12.1 Å². The minimum absolute atomic E-state index is 0.175. The van der Waals surface area contributed by atoms with Crippen LogP contribution in [-0.4, -0.2) is 16.7 Å². The number of aliphatic imine (C=N–C) groups is 1. The van der Waals surface area contributed by atoms with Gasteiger partial charge in [0.05, 0.1) is 6.54 Å². The first-order valence-corrected chi connectivity index (χ1v) is 6.36. The molecule has 0 saturated carbocycles. The summed E-state index contributed by atoms with van der Waals surface area (Å²) in [6, 6.07) is 6.64. The van der Waals surface area contributed by atoms with Crippen LogP contribution in [0.1, 0.15) is 5.56 Å². The Kier molecular flexibility index (Phi) is 3.48. The molecule has 4 heteroatoms. The Morgan fingerprint density at radius 2 is 2.14 bits per heavy atom. The summed E-state index contributed by atoms with van der Waals surface area (Å²) in [6.07, 6.45) is 0. The molecule has 0 atom stereocenters. The van der Waals surface area contributed by atoms with Gasteiger partial charge in [0.2, 0.25) is 0 Å². The quantitative estimate of drug-likeness (QED) is 0.769. The van der Waals surface area contributed by atoms with E-state index in [4.69, 9.17) is 0 Å². The monoisotopic (exact) mass is 227 g/mol. The van der Waals surface area contributed by atoms with Crippen LogP contribution < -0.4 is 0 Å². The third-order valence-corrected chi connectivity index (χ3v) is 4.16. The maximum absolute atomic E-state index is 12.6. The first-order valence-electron chi connectivity index (χ1n) is 4.39. The fraction of sp³-hybridized carbons (Fsp3) is 0.300. The van der Waals surface area contributed by atoms with Gasteiger partial charge in [-0.25, -0.2) is 4.39 Å². The summed E-state index contributed by atoms with van der Waals surface area (Å²) in [7, 11) is 0. The summed E-state index contributed by atoms with van der Waals surface area (Å²) in [5, 5.41) is 0. The number of nitrogens with zero attached hydrogens (tertiary/aromatic N) is 1. The highest BCUT2D eigenvalue weighted by Crippen LogP contribution is 2.25. The Balaban J connectivity index is 1.88. The normalized spacial score (nSPS) is 15.6. The number of benzene rings is 1. The maximum atomic E-state index is 12.6. The average Bonchev–Trinajstić information content (AvgIpc) is 2.70. The van der Waals surface area contributed by atoms with E-state index in [1.807, 2.05) is 12.1 Å². The number of hydrogen-bond acceptors (Lipinski definition) is 3. The van der Waals surface area contributed by atoms with Crippen LogP contribution >= 0.6 is 23.5 Å². The molecule has 1 aromatic rings. The van der Waals surface area contributed by atoms with E-state index >= 15 is 0 Å². The molecule has 14 heavy (non-hydrogen) atoms. The molecule has 74 valence electrons. The molecule has 0 radical (unpaired) electrons. The summed E-state index contributed by atoms with van der Waals surface area (Å²) in [6.45, 7) is 0.941. The molecule has 0 unspecified atom stereocenters. The molecule has 0 bridgehead atoms. The first kappa shape index (κ1) is 10.1. The van der Waals surface area contributed by atoms with E-state index in [0.717, 1.165) is 28.0 Å². The Labute approximate surface area is 91.2 Å². The molecule has 0 aliphatic carbocycles. The van der Waals surface area contributed by atoms with Crippen LogP contribution in [0.3, 0.4) is 0 Å². The van der Waals surface area contributed by atoms with Gasteiger partial charge < -0.3 is 0 Å². The van der Waals surface area contributed by atoms with Gasteiger partial charge in [0.25, 0.3) is 0 Å². The van der Waals surface area contributed by atoms with Crippen molar-refractivity contribution in [1.82, 2.24) is 0 Å². The second-order valence-electron chi connectivity index (χ2n) is 2.91. The summed E-state index contributed by atoms with van der Waals surface area (Å²) in [4.78, 5) is 4.34. The van der Waals surface area contributed by atoms with Crippen LogP contribution in [-0.2, 0) is 5.75 Å². The van der Waals surface area contributed by atoms with E-state index in [0.29, 0.717) is 0 Å². The lowest BCUT2D eigenvalue weighted by Gasteiger charge is -2.00. The Morgan fingerprint density at radius 3 is 2.79 bits per heavy atom. The van der Waals surface area contributed by atoms with Gasteiger partial charge in [-0.2, -0.15) is 0 Å². The third kappa shape index (κ3) is 2.75. The van der Waals surface area contributed by atoms with Crippen molar-refractivity contribution < 1.29 is 4.39 Å². The van der Waals surface area contributed by atoms with Gasteiger partial charge in [0, 0.05) is 11.5 Å². The van der Waals surface area contributed by atoms with Gasteiger partial charge in [0.15, 0.2) is 0 Å². The van der Waals surface area contributed by atoms with Gasteiger partial charge in [-0.3, -0.25) is 4.99 Å². The molecule has 0 aromatic heterocycles. The minimum Gasteiger partial charge on any atom is -0.271 e. The summed E-state index contributed by atoms with van der Waals surface area (Å²) in [5.41, 5.74) is 1.15. The standard InChI is InChI=1S/C10H10FNS2/c11-9-3-1-8(2-4-9)7-14-10-12-5-6-13-10/h1-4H,5-7H2. The third-order valence-electron chi connectivity index (χ3n) is 1.83. The van der Waals surface area contributed by atoms with Gasteiger partial charge in [-0.15, -0.1) is 0 Å². The lowest BCUT2D eigenvalue weighted by molar-refractivity contribution is 0.627. The predicted molar refractivity (Wildman–Crippen MR) is 62.5 cm³/mol. The molecule has 1 heterocycles. The molecule has 0 saturated heterocycles. The summed E-state index contributed by atoms with van der Waals surface area (Å²) < 4.78 is 13.8. The number of hydrogen-bond donors (Lipinski definition) is 0. The van der Waals surface area contributed by atoms with Crippen molar-refractivity contribution >= 4 is 27.9 Å². The van der Waals surface area contributed by atoms with Crippen molar-refractivity contribution in [2.24, 2.45) is 4.99 Å². The first-order chi connectivity index (χ1) is 6.84. The maximum Gasteiger partial charge on any atom is 0.124 e. The van der Waals surface area contributed by atoms with Crippen LogP contribution in [0.4, 0.5) is 4.39 Å². The molecular weight excluding hydrogens is 217 g/mol. The molecule has 0 N–H and O–H groups in total. The largest absolute Gasteiger partial charge is 0.271 e. The molecule has 0 spiro atoms. The number of halogens is 1. The van der Waals surface area contributed by atoms with Crippen molar-refractivity contribution in [3.8, 4) is 0 Å². The number of rotatable bonds is 2. The summed E-state index contributed by atoms with van der Waals surface area (Å²) in [5.74, 6) is 1.81. The Hall–Kier alpha value is -0.480. The topological polar surface area (TPSA) is 12.4 Å². The molecule has 0 fully saturated rings. The molecule has 0 amide bonds. The van der Waals surface area contributed by atoms with Gasteiger partial charge in [-0.05, 0) is 17.7 Å². The zero-order valence-corrected chi connectivity index (χ0v) is 9.21. The van der Waals surface area contributed by atoms with Crippen molar-refractivity contribution in [3.05, 3.63) is 35.6 Å². The zero-order chi connectivity index (χ0) is 9.80. The second kappa shape index (κ2) is 4.84. The van der Waals surface area contributed by atoms with Crippen LogP contribution in [0, 0.1) is 5.82 Å². The van der Waals surface area contributed by atoms with E-state index in [-0.39, 0.29) is 5.82 Å². The van der Waals surface area contributed by atoms with Gasteiger partial charge >= 0.3 is 0 Å².